The Bertz CT molecular complexity index is 524. The molecule has 1 atom stereocenters. The molecule has 0 aromatic rings. The molecular weight excluding hydrogens is 254 g/mol. The van der Waals surface area contributed by atoms with E-state index in [1.54, 1.807) is 0 Å². The molecule has 0 fully saturated rings. The van der Waals surface area contributed by atoms with Crippen molar-refractivity contribution in [3.8, 4) is 0 Å². The van der Waals surface area contributed by atoms with Gasteiger partial charge in [0.2, 0.25) is 0 Å². The minimum atomic E-state index is 0.205. The number of nitrogens with zero attached hydrogens (tertiary/aromatic N) is 1. The summed E-state index contributed by atoms with van der Waals surface area (Å²) >= 11 is 0. The van der Waals surface area contributed by atoms with Crippen molar-refractivity contribution in [2.75, 3.05) is 7.05 Å². The summed E-state index contributed by atoms with van der Waals surface area (Å²) in [7, 11) is 2.12. The lowest BCUT2D eigenvalue weighted by atomic mass is 9.99. The van der Waals surface area contributed by atoms with Crippen molar-refractivity contribution in [2.24, 2.45) is 0 Å². The molecule has 0 radical (unpaired) electrons. The first-order valence-electron chi connectivity index (χ1n) is 7.58. The van der Waals surface area contributed by atoms with E-state index in [9.17, 15) is 0 Å². The first kappa shape index (κ1) is 17.0. The molecule has 0 spiro atoms. The van der Waals surface area contributed by atoms with Crippen LogP contribution in [0.1, 0.15) is 27.2 Å². The van der Waals surface area contributed by atoms with Crippen LogP contribution in [0.2, 0.25) is 0 Å². The van der Waals surface area contributed by atoms with Crippen molar-refractivity contribution >= 4 is 0 Å². The molecule has 1 heterocycles. The summed E-state index contributed by atoms with van der Waals surface area (Å²) in [4.78, 5) is 2.28. The zero-order valence-corrected chi connectivity index (χ0v) is 13.7. The molecule has 1 aliphatic heterocycles. The largest absolute Gasteiger partial charge is 0.364 e. The zero-order valence-electron chi connectivity index (χ0n) is 13.7. The van der Waals surface area contributed by atoms with E-state index < -0.39 is 0 Å². The molecule has 1 aliphatic rings. The van der Waals surface area contributed by atoms with Gasteiger partial charge in [-0.15, -0.1) is 0 Å². The molecule has 1 unspecified atom stereocenters. The van der Waals surface area contributed by atoms with Crippen LogP contribution in [-0.4, -0.2) is 18.0 Å². The van der Waals surface area contributed by atoms with Gasteiger partial charge in [-0.1, -0.05) is 68.2 Å². The van der Waals surface area contributed by atoms with E-state index in [4.69, 9.17) is 0 Å². The lowest BCUT2D eigenvalue weighted by Gasteiger charge is -2.33. The number of allylic oxidation sites excluding steroid dienone is 8. The maximum atomic E-state index is 4.20. The summed E-state index contributed by atoms with van der Waals surface area (Å²) in [6, 6.07) is 0.205. The summed E-state index contributed by atoms with van der Waals surface area (Å²) < 4.78 is 0. The monoisotopic (exact) mass is 281 g/mol. The molecular formula is C20H27N. The first-order valence-corrected chi connectivity index (χ1v) is 7.58. The van der Waals surface area contributed by atoms with E-state index in [0.29, 0.717) is 0 Å². The topological polar surface area (TPSA) is 3.24 Å². The predicted molar refractivity (Wildman–Crippen MR) is 95.1 cm³/mol. The second kappa shape index (κ2) is 9.02. The summed E-state index contributed by atoms with van der Waals surface area (Å²) in [5.74, 6) is 0. The first-order chi connectivity index (χ1) is 10.2. The van der Waals surface area contributed by atoms with E-state index in [1.807, 2.05) is 25.2 Å². The van der Waals surface area contributed by atoms with E-state index in [2.05, 4.69) is 74.9 Å². The van der Waals surface area contributed by atoms with E-state index in [0.717, 1.165) is 12.0 Å². The molecule has 0 aromatic carbocycles. The third kappa shape index (κ3) is 4.78. The quantitative estimate of drug-likeness (QED) is 0.594. The number of rotatable bonds is 6. The molecule has 0 saturated heterocycles. The average molecular weight is 281 g/mol. The van der Waals surface area contributed by atoms with Gasteiger partial charge in [0.05, 0.1) is 6.04 Å². The number of likely N-dealkylation sites (N-methyl/N-ethyl adjacent to an activating group) is 1. The van der Waals surface area contributed by atoms with Crippen LogP contribution in [0.25, 0.3) is 0 Å². The summed E-state index contributed by atoms with van der Waals surface area (Å²) in [5.41, 5.74) is 3.57. The highest BCUT2D eigenvalue weighted by Gasteiger charge is 2.19. The Balaban J connectivity index is 2.93. The van der Waals surface area contributed by atoms with E-state index in [-0.39, 0.29) is 6.04 Å². The fourth-order valence-electron chi connectivity index (χ4n) is 2.28. The maximum Gasteiger partial charge on any atom is 0.0720 e. The highest BCUT2D eigenvalue weighted by Crippen LogP contribution is 2.25. The van der Waals surface area contributed by atoms with Gasteiger partial charge in [-0.25, -0.2) is 0 Å². The van der Waals surface area contributed by atoms with Crippen molar-refractivity contribution in [1.82, 2.24) is 4.90 Å². The van der Waals surface area contributed by atoms with Crippen LogP contribution in [0.5, 0.6) is 0 Å². The molecule has 0 aromatic heterocycles. The second-order valence-corrected chi connectivity index (χ2v) is 5.01. The number of hydrogen-bond acceptors (Lipinski definition) is 1. The molecule has 0 aliphatic carbocycles. The highest BCUT2D eigenvalue weighted by atomic mass is 15.1. The Morgan fingerprint density at radius 3 is 2.67 bits per heavy atom. The molecule has 1 nitrogen and oxygen atoms in total. The van der Waals surface area contributed by atoms with Crippen LogP contribution in [0.15, 0.2) is 84.2 Å². The van der Waals surface area contributed by atoms with Crippen LogP contribution in [0, 0.1) is 0 Å². The summed E-state index contributed by atoms with van der Waals surface area (Å²) in [6.07, 6.45) is 22.2. The van der Waals surface area contributed by atoms with Gasteiger partial charge in [-0.05, 0) is 37.5 Å². The fraction of sp³-hybridized carbons (Fsp3) is 0.300. The smallest absolute Gasteiger partial charge is 0.0720 e. The van der Waals surface area contributed by atoms with Crippen molar-refractivity contribution in [3.05, 3.63) is 84.2 Å². The van der Waals surface area contributed by atoms with Gasteiger partial charge in [-0.3, -0.25) is 0 Å². The van der Waals surface area contributed by atoms with Gasteiger partial charge in [0.15, 0.2) is 0 Å². The molecule has 0 amide bonds. The Morgan fingerprint density at radius 2 is 2.05 bits per heavy atom. The summed E-state index contributed by atoms with van der Waals surface area (Å²) in [5, 5.41) is 0. The SMILES string of the molecule is C=C(/C=C\C=C\C)C1C=CC=C(C(/C=C\CC)=C/C)N1C. The molecule has 112 valence electrons. The van der Waals surface area contributed by atoms with Gasteiger partial charge in [0, 0.05) is 12.7 Å². The Morgan fingerprint density at radius 1 is 1.29 bits per heavy atom. The standard InChI is InChI=1S/C20H27N/c1-6-9-11-13-17(4)19-15-12-16-20(21(19)5)18(8-3)14-10-7-2/h6,8-16,19H,4,7H2,1-3,5H3/b9-6+,13-11-,14-10-,18-8+. The molecule has 0 N–H and O–H groups in total. The van der Waals surface area contributed by atoms with Crippen LogP contribution in [-0.2, 0) is 0 Å². The third-order valence-corrected chi connectivity index (χ3v) is 3.48. The molecule has 0 saturated carbocycles. The lowest BCUT2D eigenvalue weighted by molar-refractivity contribution is 0.395. The minimum Gasteiger partial charge on any atom is -0.364 e. The van der Waals surface area contributed by atoms with E-state index in [1.165, 1.54) is 11.3 Å². The van der Waals surface area contributed by atoms with Gasteiger partial charge in [0.25, 0.3) is 0 Å². The third-order valence-electron chi connectivity index (χ3n) is 3.48. The van der Waals surface area contributed by atoms with Crippen molar-refractivity contribution < 1.29 is 0 Å². The minimum absolute atomic E-state index is 0.205. The van der Waals surface area contributed by atoms with Gasteiger partial charge < -0.3 is 4.90 Å². The summed E-state index contributed by atoms with van der Waals surface area (Å²) in [6.45, 7) is 10.5. The zero-order chi connectivity index (χ0) is 15.7. The number of hydrogen-bond donors (Lipinski definition) is 0. The lowest BCUT2D eigenvalue weighted by Crippen LogP contribution is -2.32. The van der Waals surface area contributed by atoms with Crippen LogP contribution < -0.4 is 0 Å². The molecule has 21 heavy (non-hydrogen) atoms. The predicted octanol–water partition coefficient (Wildman–Crippen LogP) is 5.34. The molecule has 1 rings (SSSR count). The van der Waals surface area contributed by atoms with Crippen LogP contribution in [0.3, 0.4) is 0 Å². The van der Waals surface area contributed by atoms with Crippen molar-refractivity contribution in [1.29, 1.82) is 0 Å². The van der Waals surface area contributed by atoms with Crippen LogP contribution in [0.4, 0.5) is 0 Å². The average Bonchev–Trinajstić information content (AvgIpc) is 2.49. The Hall–Kier alpha value is -2.02. The normalized spacial score (nSPS) is 20.0. The fourth-order valence-corrected chi connectivity index (χ4v) is 2.28. The van der Waals surface area contributed by atoms with Crippen LogP contribution >= 0.6 is 0 Å². The molecule has 1 heteroatoms. The Labute approximate surface area is 130 Å². The van der Waals surface area contributed by atoms with Gasteiger partial charge in [-0.2, -0.15) is 0 Å². The molecule has 0 bridgehead atoms. The van der Waals surface area contributed by atoms with Gasteiger partial charge >= 0.3 is 0 Å². The van der Waals surface area contributed by atoms with E-state index >= 15 is 0 Å². The Kier molecular flexibility index (Phi) is 7.31. The second-order valence-electron chi connectivity index (χ2n) is 5.01. The maximum absolute atomic E-state index is 4.20. The van der Waals surface area contributed by atoms with Crippen molar-refractivity contribution in [3.63, 3.8) is 0 Å². The van der Waals surface area contributed by atoms with Crippen molar-refractivity contribution in [2.45, 2.75) is 33.2 Å². The van der Waals surface area contributed by atoms with Gasteiger partial charge in [0.1, 0.15) is 0 Å². The highest BCUT2D eigenvalue weighted by molar-refractivity contribution is 5.45.